The molecule has 0 heterocycles. The van der Waals surface area contributed by atoms with Crippen molar-refractivity contribution in [2.45, 2.75) is 56.7 Å². The fraction of sp³-hybridized carbons (Fsp3) is 0.500. The molecule has 0 aromatic heterocycles. The van der Waals surface area contributed by atoms with Gasteiger partial charge in [0.05, 0.1) is 6.10 Å². The summed E-state index contributed by atoms with van der Waals surface area (Å²) < 4.78 is 15.0. The van der Waals surface area contributed by atoms with Gasteiger partial charge in [-0.15, -0.1) is 0 Å². The average molecular weight is 366 g/mol. The first-order valence-electron chi connectivity index (χ1n) is 10.2. The second-order valence-electron chi connectivity index (χ2n) is 9.14. The normalized spacial score (nSPS) is 40.1. The van der Waals surface area contributed by atoms with Gasteiger partial charge < -0.3 is 10.2 Å². The second kappa shape index (κ2) is 6.07. The van der Waals surface area contributed by atoms with Crippen LogP contribution in [-0.4, -0.2) is 22.5 Å². The Hall–Kier alpha value is -1.87. The number of fused-ring (bicyclic) bond motifs is 5. The van der Waals surface area contributed by atoms with Crippen molar-refractivity contribution >= 4 is 0 Å². The Kier molecular flexibility index (Phi) is 3.87. The summed E-state index contributed by atoms with van der Waals surface area (Å²) in [6.45, 7) is 2.06. The average Bonchev–Trinajstić information content (AvgIpc) is 2.91. The summed E-state index contributed by atoms with van der Waals surface area (Å²) in [5, 5.41) is 20.4. The van der Waals surface area contributed by atoms with E-state index in [0.717, 1.165) is 19.3 Å². The fourth-order valence-electron chi connectivity index (χ4n) is 6.62. The third-order valence-electron chi connectivity index (χ3n) is 7.89. The monoisotopic (exact) mass is 366 g/mol. The van der Waals surface area contributed by atoms with E-state index in [2.05, 4.69) is 37.3 Å². The minimum absolute atomic E-state index is 0.188. The summed E-state index contributed by atoms with van der Waals surface area (Å²) in [6, 6.07) is 16.3. The lowest BCUT2D eigenvalue weighted by Crippen LogP contribution is -2.46. The molecule has 3 heteroatoms. The molecule has 2 aromatic rings. The highest BCUT2D eigenvalue weighted by atomic mass is 19.1. The lowest BCUT2D eigenvalue weighted by atomic mass is 9.52. The van der Waals surface area contributed by atoms with E-state index in [1.54, 1.807) is 6.07 Å². The van der Waals surface area contributed by atoms with Crippen LogP contribution in [0.25, 0.3) is 0 Å². The van der Waals surface area contributed by atoms with Crippen molar-refractivity contribution in [1.29, 1.82) is 0 Å². The van der Waals surface area contributed by atoms with Crippen molar-refractivity contribution in [3.05, 3.63) is 65.2 Å². The van der Waals surface area contributed by atoms with Crippen LogP contribution in [0.3, 0.4) is 0 Å². The highest BCUT2D eigenvalue weighted by Gasteiger charge is 2.60. The smallest absolute Gasteiger partial charge is 0.131 e. The number of phenols is 1. The van der Waals surface area contributed by atoms with Gasteiger partial charge >= 0.3 is 0 Å². The van der Waals surface area contributed by atoms with Crippen LogP contribution in [0.5, 0.6) is 5.75 Å². The molecular weight excluding hydrogens is 339 g/mol. The molecule has 2 N–H and O–H groups in total. The molecule has 0 bridgehead atoms. The van der Waals surface area contributed by atoms with Gasteiger partial charge in [-0.3, -0.25) is 0 Å². The molecule has 0 spiro atoms. The number of aliphatic hydroxyl groups excluding tert-OH is 1. The Bertz CT molecular complexity index is 851. The van der Waals surface area contributed by atoms with Crippen molar-refractivity contribution in [2.24, 2.45) is 17.3 Å². The third kappa shape index (κ3) is 2.47. The quantitative estimate of drug-likeness (QED) is 0.750. The first-order chi connectivity index (χ1) is 13.0. The molecule has 0 radical (unpaired) electrons. The molecule has 7 atom stereocenters. The zero-order valence-electron chi connectivity index (χ0n) is 15.7. The molecule has 0 saturated heterocycles. The topological polar surface area (TPSA) is 40.5 Å². The molecule has 142 valence electrons. The molecule has 2 aromatic carbocycles. The molecule has 2 fully saturated rings. The maximum absolute atomic E-state index is 15.0. The van der Waals surface area contributed by atoms with Crippen LogP contribution in [0.1, 0.15) is 54.7 Å². The Morgan fingerprint density at radius 1 is 1.07 bits per heavy atom. The third-order valence-corrected chi connectivity index (χ3v) is 7.89. The number of hydrogen-bond donors (Lipinski definition) is 2. The molecule has 3 aliphatic carbocycles. The van der Waals surface area contributed by atoms with Gasteiger partial charge in [-0.25, -0.2) is 4.39 Å². The summed E-state index contributed by atoms with van der Waals surface area (Å²) in [6.07, 6.45) is 1.24. The van der Waals surface area contributed by atoms with E-state index in [1.807, 2.05) is 12.1 Å². The largest absolute Gasteiger partial charge is 0.508 e. The van der Waals surface area contributed by atoms with Crippen LogP contribution < -0.4 is 0 Å². The zero-order valence-corrected chi connectivity index (χ0v) is 15.7. The van der Waals surface area contributed by atoms with Crippen molar-refractivity contribution in [3.63, 3.8) is 0 Å². The Morgan fingerprint density at radius 2 is 1.85 bits per heavy atom. The zero-order chi connectivity index (χ0) is 18.8. The second-order valence-corrected chi connectivity index (χ2v) is 9.14. The van der Waals surface area contributed by atoms with Crippen molar-refractivity contribution in [2.75, 3.05) is 0 Å². The molecular formula is C24H27FO2. The van der Waals surface area contributed by atoms with Gasteiger partial charge in [0.2, 0.25) is 0 Å². The lowest BCUT2D eigenvalue weighted by molar-refractivity contribution is -0.00853. The number of benzene rings is 2. The number of alkyl halides is 1. The number of aromatic hydroxyl groups is 1. The van der Waals surface area contributed by atoms with Crippen molar-refractivity contribution < 1.29 is 14.6 Å². The number of phenolic OH excluding ortho intramolecular Hbond substituents is 1. The predicted octanol–water partition coefficient (Wildman–Crippen LogP) is 4.95. The highest BCUT2D eigenvalue weighted by molar-refractivity contribution is 5.43. The number of halogens is 1. The summed E-state index contributed by atoms with van der Waals surface area (Å²) in [5.74, 6) is 1.51. The van der Waals surface area contributed by atoms with Crippen LogP contribution in [0.2, 0.25) is 0 Å². The standard InChI is InChI=1S/C24H27FO2/c1-24-10-9-18-17-8-7-16(26)11-15(17)12-19(14-5-3-2-4-6-14)22(18)20(24)13-21(27)23(24)25/h2-8,11,18-23,26-27H,9-10,12-13H2,1H3/t18-,19+,20+,21+,22+,23+,24+/m1/s1. The Morgan fingerprint density at radius 3 is 2.63 bits per heavy atom. The van der Waals surface area contributed by atoms with Gasteiger partial charge in [-0.2, -0.15) is 0 Å². The lowest BCUT2D eigenvalue weighted by Gasteiger charge is -2.52. The minimum Gasteiger partial charge on any atom is -0.508 e. The van der Waals surface area contributed by atoms with E-state index >= 15 is 0 Å². The summed E-state index contributed by atoms with van der Waals surface area (Å²) in [4.78, 5) is 0. The minimum atomic E-state index is -1.12. The van der Waals surface area contributed by atoms with Gasteiger partial charge in [0.25, 0.3) is 0 Å². The van der Waals surface area contributed by atoms with Crippen LogP contribution in [0.4, 0.5) is 4.39 Å². The van der Waals surface area contributed by atoms with Crippen LogP contribution in [-0.2, 0) is 6.42 Å². The van der Waals surface area contributed by atoms with Crippen LogP contribution in [0, 0.1) is 17.3 Å². The van der Waals surface area contributed by atoms with Gasteiger partial charge in [0, 0.05) is 5.41 Å². The maximum atomic E-state index is 15.0. The Balaban J connectivity index is 1.65. The van der Waals surface area contributed by atoms with Crippen LogP contribution >= 0.6 is 0 Å². The molecule has 5 rings (SSSR count). The number of hydrogen-bond acceptors (Lipinski definition) is 2. The van der Waals surface area contributed by atoms with Gasteiger partial charge in [-0.1, -0.05) is 43.3 Å². The van der Waals surface area contributed by atoms with Crippen molar-refractivity contribution in [3.8, 4) is 5.75 Å². The molecule has 2 nitrogen and oxygen atoms in total. The van der Waals surface area contributed by atoms with Gasteiger partial charge in [0.15, 0.2) is 0 Å². The molecule has 3 aliphatic rings. The predicted molar refractivity (Wildman–Crippen MR) is 104 cm³/mol. The summed E-state index contributed by atoms with van der Waals surface area (Å²) in [5.41, 5.74) is 3.41. The molecule has 27 heavy (non-hydrogen) atoms. The fourth-order valence-corrected chi connectivity index (χ4v) is 6.62. The highest BCUT2D eigenvalue weighted by Crippen LogP contribution is 2.64. The summed E-state index contributed by atoms with van der Waals surface area (Å²) in [7, 11) is 0. The SMILES string of the molecule is C[C@]12CC[C@@H]3c4ccc(O)cc4C[C@@H](c4ccccc4)[C@H]3[C@@H]1C[C@H](O)[C@@H]2F. The van der Waals surface area contributed by atoms with E-state index in [-0.39, 0.29) is 5.92 Å². The number of rotatable bonds is 1. The van der Waals surface area contributed by atoms with E-state index < -0.39 is 17.7 Å². The molecule has 2 saturated carbocycles. The van der Waals surface area contributed by atoms with Gasteiger partial charge in [0.1, 0.15) is 11.9 Å². The molecule has 0 aliphatic heterocycles. The van der Waals surface area contributed by atoms with E-state index in [1.165, 1.54) is 16.7 Å². The summed E-state index contributed by atoms with van der Waals surface area (Å²) >= 11 is 0. The number of aliphatic hydroxyl groups is 1. The molecule has 0 unspecified atom stereocenters. The van der Waals surface area contributed by atoms with E-state index in [4.69, 9.17) is 0 Å². The van der Waals surface area contributed by atoms with Crippen LogP contribution in [0.15, 0.2) is 48.5 Å². The molecule has 0 amide bonds. The maximum Gasteiger partial charge on any atom is 0.131 e. The van der Waals surface area contributed by atoms with Crippen molar-refractivity contribution in [1.82, 2.24) is 0 Å². The van der Waals surface area contributed by atoms with E-state index in [0.29, 0.717) is 29.9 Å². The van der Waals surface area contributed by atoms with E-state index in [9.17, 15) is 14.6 Å². The first kappa shape index (κ1) is 17.2. The van der Waals surface area contributed by atoms with Gasteiger partial charge in [-0.05, 0) is 78.2 Å². The first-order valence-corrected chi connectivity index (χ1v) is 10.2. The Labute approximate surface area is 160 Å².